The van der Waals surface area contributed by atoms with Gasteiger partial charge in [0.1, 0.15) is 23.1 Å². The third-order valence-corrected chi connectivity index (χ3v) is 7.07. The monoisotopic (exact) mass is 557 g/mol. The molecule has 1 fully saturated rings. The number of halogens is 3. The van der Waals surface area contributed by atoms with Crippen molar-refractivity contribution in [1.29, 1.82) is 0 Å². The SMILES string of the molecule is Nc1cccc(Oc2cc(F)cc(Nc3ccc(I)cc3F)c2NS(=O)(=O)C2CC2)c1. The predicted octanol–water partition coefficient (Wildman–Crippen LogP) is 5.59. The van der Waals surface area contributed by atoms with Crippen LogP contribution < -0.4 is 20.5 Å². The molecule has 1 saturated carbocycles. The first-order chi connectivity index (χ1) is 14.7. The number of anilines is 4. The van der Waals surface area contributed by atoms with Crippen molar-refractivity contribution in [2.75, 3.05) is 15.8 Å². The Kier molecular flexibility index (Phi) is 5.93. The number of rotatable bonds is 7. The highest BCUT2D eigenvalue weighted by Crippen LogP contribution is 2.41. The molecule has 162 valence electrons. The molecule has 0 radical (unpaired) electrons. The number of ether oxygens (including phenoxy) is 1. The summed E-state index contributed by atoms with van der Waals surface area (Å²) in [6.45, 7) is 0. The molecule has 4 N–H and O–H groups in total. The highest BCUT2D eigenvalue weighted by Gasteiger charge is 2.37. The maximum atomic E-state index is 14.4. The summed E-state index contributed by atoms with van der Waals surface area (Å²) >= 11 is 1.97. The molecule has 0 spiro atoms. The summed E-state index contributed by atoms with van der Waals surface area (Å²) in [5.41, 5.74) is 6.25. The van der Waals surface area contributed by atoms with Crippen LogP contribution in [0.2, 0.25) is 0 Å². The zero-order valence-corrected chi connectivity index (χ0v) is 19.0. The van der Waals surface area contributed by atoms with Crippen LogP contribution in [0.3, 0.4) is 0 Å². The second-order valence-corrected chi connectivity index (χ2v) is 10.3. The van der Waals surface area contributed by atoms with Crippen molar-refractivity contribution in [2.24, 2.45) is 0 Å². The van der Waals surface area contributed by atoms with Crippen LogP contribution in [0.15, 0.2) is 54.6 Å². The van der Waals surface area contributed by atoms with Crippen molar-refractivity contribution in [1.82, 2.24) is 0 Å². The number of hydrogen-bond acceptors (Lipinski definition) is 5. The normalized spacial score (nSPS) is 13.6. The van der Waals surface area contributed by atoms with Gasteiger partial charge in [-0.2, -0.15) is 0 Å². The van der Waals surface area contributed by atoms with E-state index < -0.39 is 26.9 Å². The fraction of sp³-hybridized carbons (Fsp3) is 0.143. The number of sulfonamides is 1. The van der Waals surface area contributed by atoms with Crippen LogP contribution in [-0.2, 0) is 10.0 Å². The second-order valence-electron chi connectivity index (χ2n) is 7.10. The Morgan fingerprint density at radius 1 is 1.03 bits per heavy atom. The van der Waals surface area contributed by atoms with E-state index in [1.807, 2.05) is 22.6 Å². The predicted molar refractivity (Wildman–Crippen MR) is 125 cm³/mol. The largest absolute Gasteiger partial charge is 0.455 e. The number of nitrogens with one attached hydrogen (secondary N) is 2. The summed E-state index contributed by atoms with van der Waals surface area (Å²) in [7, 11) is -3.72. The van der Waals surface area contributed by atoms with E-state index in [0.717, 1.165) is 12.1 Å². The van der Waals surface area contributed by atoms with E-state index in [9.17, 15) is 17.2 Å². The summed E-state index contributed by atoms with van der Waals surface area (Å²) < 4.78 is 63.1. The zero-order valence-electron chi connectivity index (χ0n) is 16.0. The molecule has 4 rings (SSSR count). The highest BCUT2D eigenvalue weighted by atomic mass is 127. The van der Waals surface area contributed by atoms with Gasteiger partial charge in [0, 0.05) is 21.4 Å². The lowest BCUT2D eigenvalue weighted by atomic mass is 10.2. The first kappa shape index (κ1) is 21.6. The van der Waals surface area contributed by atoms with Crippen LogP contribution in [-0.4, -0.2) is 13.7 Å². The van der Waals surface area contributed by atoms with Crippen molar-refractivity contribution in [3.63, 3.8) is 0 Å². The molecule has 6 nitrogen and oxygen atoms in total. The standard InChI is InChI=1S/C21H18F2IN3O3S/c22-12-8-19(26-18-7-4-13(24)10-17(18)23)21(27-31(28,29)16-5-6-16)20(9-12)30-15-3-1-2-14(25)11-15/h1-4,7-11,16,26-27H,5-6,25H2. The third kappa shape index (κ3) is 5.18. The molecule has 0 heterocycles. The Hall–Kier alpha value is -2.60. The number of nitrogen functional groups attached to an aromatic ring is 1. The van der Waals surface area contributed by atoms with Gasteiger partial charge in [0.15, 0.2) is 5.75 Å². The fourth-order valence-electron chi connectivity index (χ4n) is 2.91. The van der Waals surface area contributed by atoms with E-state index in [0.29, 0.717) is 27.8 Å². The minimum Gasteiger partial charge on any atom is -0.455 e. The number of nitrogens with two attached hydrogens (primary N) is 1. The molecular formula is C21H18F2IN3O3S. The van der Waals surface area contributed by atoms with Gasteiger partial charge >= 0.3 is 0 Å². The maximum absolute atomic E-state index is 14.4. The van der Waals surface area contributed by atoms with E-state index in [1.54, 1.807) is 24.3 Å². The fourth-order valence-corrected chi connectivity index (χ4v) is 4.78. The summed E-state index contributed by atoms with van der Waals surface area (Å²) in [4.78, 5) is 0. The van der Waals surface area contributed by atoms with Crippen LogP contribution in [0.4, 0.5) is 31.5 Å². The van der Waals surface area contributed by atoms with Gasteiger partial charge in [-0.1, -0.05) is 6.07 Å². The lowest BCUT2D eigenvalue weighted by Gasteiger charge is -2.19. The van der Waals surface area contributed by atoms with Crippen molar-refractivity contribution in [3.8, 4) is 11.5 Å². The number of benzene rings is 3. The molecule has 0 saturated heterocycles. The molecule has 3 aromatic carbocycles. The summed E-state index contributed by atoms with van der Waals surface area (Å²) in [5, 5.41) is 2.25. The van der Waals surface area contributed by atoms with Crippen LogP contribution in [0.1, 0.15) is 12.8 Å². The Labute approximate surface area is 192 Å². The quantitative estimate of drug-likeness (QED) is 0.260. The van der Waals surface area contributed by atoms with Crippen LogP contribution in [0.5, 0.6) is 11.5 Å². The van der Waals surface area contributed by atoms with Crippen molar-refractivity contribution < 1.29 is 21.9 Å². The Morgan fingerprint density at radius 3 is 2.48 bits per heavy atom. The lowest BCUT2D eigenvalue weighted by molar-refractivity contribution is 0.479. The molecule has 1 aliphatic rings. The smallest absolute Gasteiger partial charge is 0.235 e. The molecule has 10 heteroatoms. The van der Waals surface area contributed by atoms with Gasteiger partial charge in [-0.05, 0) is 71.8 Å². The minimum atomic E-state index is -3.72. The Bertz CT molecular complexity index is 1250. The average Bonchev–Trinajstić information content (AvgIpc) is 3.52. The van der Waals surface area contributed by atoms with Gasteiger partial charge in [-0.3, -0.25) is 4.72 Å². The maximum Gasteiger partial charge on any atom is 0.235 e. The molecule has 0 unspecified atom stereocenters. The van der Waals surface area contributed by atoms with Gasteiger partial charge in [0.25, 0.3) is 0 Å². The van der Waals surface area contributed by atoms with E-state index in [2.05, 4.69) is 10.0 Å². The van der Waals surface area contributed by atoms with E-state index in [1.165, 1.54) is 18.2 Å². The van der Waals surface area contributed by atoms with Gasteiger partial charge in [-0.15, -0.1) is 0 Å². The lowest BCUT2D eigenvalue weighted by Crippen LogP contribution is -2.19. The third-order valence-electron chi connectivity index (χ3n) is 4.56. The Balaban J connectivity index is 1.79. The molecule has 0 amide bonds. The summed E-state index contributed by atoms with van der Waals surface area (Å²) in [6.07, 6.45) is 1.08. The van der Waals surface area contributed by atoms with Crippen molar-refractivity contribution in [2.45, 2.75) is 18.1 Å². The second kappa shape index (κ2) is 8.50. The molecule has 0 atom stereocenters. The molecule has 1 aliphatic carbocycles. The van der Waals surface area contributed by atoms with Crippen molar-refractivity contribution >= 4 is 55.4 Å². The van der Waals surface area contributed by atoms with Crippen molar-refractivity contribution in [3.05, 3.63) is 69.8 Å². The van der Waals surface area contributed by atoms with Crippen LogP contribution in [0, 0.1) is 15.2 Å². The van der Waals surface area contributed by atoms with Gasteiger partial charge < -0.3 is 15.8 Å². The molecule has 0 bridgehead atoms. The van der Waals surface area contributed by atoms with E-state index in [-0.39, 0.29) is 22.8 Å². The first-order valence-electron chi connectivity index (χ1n) is 9.32. The Morgan fingerprint density at radius 2 is 1.81 bits per heavy atom. The number of hydrogen-bond donors (Lipinski definition) is 3. The van der Waals surface area contributed by atoms with Gasteiger partial charge in [0.2, 0.25) is 10.0 Å². The average molecular weight is 557 g/mol. The van der Waals surface area contributed by atoms with Crippen LogP contribution >= 0.6 is 22.6 Å². The van der Waals surface area contributed by atoms with E-state index in [4.69, 9.17) is 10.5 Å². The van der Waals surface area contributed by atoms with Crippen LogP contribution in [0.25, 0.3) is 0 Å². The molecular weight excluding hydrogens is 539 g/mol. The van der Waals surface area contributed by atoms with E-state index >= 15 is 0 Å². The molecule has 0 aromatic heterocycles. The zero-order chi connectivity index (χ0) is 22.2. The first-order valence-corrected chi connectivity index (χ1v) is 11.9. The molecule has 3 aromatic rings. The highest BCUT2D eigenvalue weighted by molar-refractivity contribution is 14.1. The summed E-state index contributed by atoms with van der Waals surface area (Å²) in [6, 6.07) is 13.0. The molecule has 0 aliphatic heterocycles. The topological polar surface area (TPSA) is 93.4 Å². The van der Waals surface area contributed by atoms with Gasteiger partial charge in [0.05, 0.1) is 16.6 Å². The van der Waals surface area contributed by atoms with Gasteiger partial charge in [-0.25, -0.2) is 17.2 Å². The minimum absolute atomic E-state index is 0.0169. The summed E-state index contributed by atoms with van der Waals surface area (Å²) in [5.74, 6) is -1.04. The molecule has 31 heavy (non-hydrogen) atoms.